The van der Waals surface area contributed by atoms with Gasteiger partial charge >= 0.3 is 12.1 Å². The van der Waals surface area contributed by atoms with E-state index in [4.69, 9.17) is 18.9 Å². The van der Waals surface area contributed by atoms with Crippen molar-refractivity contribution in [3.8, 4) is 0 Å². The number of hydrogen-bond acceptors (Lipinski definition) is 7. The molecule has 0 aromatic carbocycles. The van der Waals surface area contributed by atoms with Crippen LogP contribution in [0, 0.1) is 46.3 Å². The van der Waals surface area contributed by atoms with Crippen molar-refractivity contribution < 1.29 is 28.5 Å². The van der Waals surface area contributed by atoms with Crippen LogP contribution in [0.15, 0.2) is 36.0 Å². The average molecular weight is 935 g/mol. The molecular weight excluding hydrogens is 833 g/mol. The van der Waals surface area contributed by atoms with Crippen LogP contribution in [-0.4, -0.2) is 81.8 Å². The van der Waals surface area contributed by atoms with Crippen LogP contribution in [0.1, 0.15) is 215 Å². The quantitative estimate of drug-likeness (QED) is 0.0408. The fourth-order valence-corrected chi connectivity index (χ4v) is 13.6. The Bertz CT molecular complexity index is 1490. The fraction of sp³-hybridized carbons (Fsp3) is 0.864. The zero-order valence-electron chi connectivity index (χ0n) is 44.2. The van der Waals surface area contributed by atoms with Crippen molar-refractivity contribution in [1.29, 1.82) is 0 Å². The number of carbonyl (C=O) groups excluding carboxylic acids is 2. The van der Waals surface area contributed by atoms with Gasteiger partial charge in [0.25, 0.3) is 0 Å². The van der Waals surface area contributed by atoms with Gasteiger partial charge in [0.2, 0.25) is 0 Å². The van der Waals surface area contributed by atoms with Crippen LogP contribution in [0.25, 0.3) is 0 Å². The van der Waals surface area contributed by atoms with Gasteiger partial charge in [-0.2, -0.15) is 0 Å². The molecule has 5 rings (SSSR count). The van der Waals surface area contributed by atoms with Gasteiger partial charge in [-0.3, -0.25) is 4.79 Å². The molecule has 3 saturated carbocycles. The average Bonchev–Trinajstić information content (AvgIpc) is 3.67. The van der Waals surface area contributed by atoms with Crippen LogP contribution in [0.2, 0.25) is 0 Å². The number of fused-ring (bicyclic) bond motifs is 5. The van der Waals surface area contributed by atoms with Gasteiger partial charge in [-0.25, -0.2) is 4.79 Å². The third-order valence-electron chi connectivity index (χ3n) is 17.5. The minimum atomic E-state index is -0.428. The van der Waals surface area contributed by atoms with E-state index in [-0.39, 0.29) is 43.2 Å². The van der Waals surface area contributed by atoms with E-state index in [9.17, 15) is 9.59 Å². The Morgan fingerprint density at radius 2 is 1.55 bits per heavy atom. The van der Waals surface area contributed by atoms with Crippen molar-refractivity contribution in [3.63, 3.8) is 0 Å². The molecule has 1 saturated heterocycles. The maximum atomic E-state index is 12.9. The molecule has 384 valence electrons. The van der Waals surface area contributed by atoms with E-state index in [1.165, 1.54) is 140 Å². The lowest BCUT2D eigenvalue weighted by atomic mass is 9.47. The number of unbranched alkanes of at least 4 members (excludes halogenated alkanes) is 9. The predicted octanol–water partition coefficient (Wildman–Crippen LogP) is 14.8. The number of nitrogens with zero attached hydrogens (tertiary/aromatic N) is 1. The lowest BCUT2D eigenvalue weighted by Crippen LogP contribution is -2.51. The monoisotopic (exact) mass is 935 g/mol. The Morgan fingerprint density at radius 3 is 2.31 bits per heavy atom. The SMILES string of the molecule is CCCCC/C=C\C/C=C\CCCCCCCCOCC(CN1CCCCC1)OCCOC(=O)CCNC(=O)OC1CCC2(C)C(=CCC3[C@@H]2CC[C@]2(C)C(C(C)CCCC(C)C)CC[C@@H]32)C1. The molecule has 1 heterocycles. The number of carbonyl (C=O) groups is 2. The van der Waals surface area contributed by atoms with Crippen molar-refractivity contribution in [2.24, 2.45) is 46.3 Å². The minimum absolute atomic E-state index is 0.0436. The van der Waals surface area contributed by atoms with Crippen LogP contribution < -0.4 is 5.32 Å². The van der Waals surface area contributed by atoms with Crippen LogP contribution in [-0.2, 0) is 23.7 Å². The first-order valence-corrected chi connectivity index (χ1v) is 28.5. The summed E-state index contributed by atoms with van der Waals surface area (Å²) >= 11 is 0. The highest BCUT2D eigenvalue weighted by Crippen LogP contribution is 2.67. The van der Waals surface area contributed by atoms with Crippen molar-refractivity contribution in [2.75, 3.05) is 52.6 Å². The Kier molecular flexibility index (Phi) is 25.4. The van der Waals surface area contributed by atoms with E-state index in [1.54, 1.807) is 0 Å². The van der Waals surface area contributed by atoms with E-state index in [0.717, 1.165) is 93.9 Å². The zero-order valence-corrected chi connectivity index (χ0v) is 44.2. The molecule has 67 heavy (non-hydrogen) atoms. The van der Waals surface area contributed by atoms with Crippen LogP contribution >= 0.6 is 0 Å². The molecule has 8 nitrogen and oxygen atoms in total. The summed E-state index contributed by atoms with van der Waals surface area (Å²) in [5.41, 5.74) is 2.24. The van der Waals surface area contributed by atoms with Gasteiger partial charge < -0.3 is 29.2 Å². The van der Waals surface area contributed by atoms with E-state index in [2.05, 4.69) is 82.1 Å². The fourth-order valence-electron chi connectivity index (χ4n) is 13.6. The highest BCUT2D eigenvalue weighted by molar-refractivity contribution is 5.71. The third kappa shape index (κ3) is 18.5. The van der Waals surface area contributed by atoms with E-state index in [0.29, 0.717) is 18.6 Å². The third-order valence-corrected chi connectivity index (χ3v) is 17.5. The van der Waals surface area contributed by atoms with Gasteiger partial charge in [0.1, 0.15) is 12.7 Å². The standard InChI is InChI=1S/C59H102N2O6/c1-7-8-9-10-11-12-13-14-15-16-17-18-19-20-21-25-41-64-46-51(45-61-39-23-22-24-40-61)65-42-43-66-56(62)35-38-60-57(63)67-50-33-36-58(5)49(44-50)29-30-52-54-32-31-53(48(4)28-26-27-47(2)3)59(54,6)37-34-55(52)58/h11-12,14-15,29,47-48,50-55H,7-10,13,16-28,30-46H2,1-6H3,(H,60,63)/b12-11-,15-14-/t48?,50?,51?,52?,53?,54-,55-,58?,59+/m0/s1. The Morgan fingerprint density at radius 1 is 0.806 bits per heavy atom. The second-order valence-corrected chi connectivity index (χ2v) is 23.0. The second kappa shape index (κ2) is 30.5. The van der Waals surface area contributed by atoms with Crippen LogP contribution in [0.5, 0.6) is 0 Å². The molecular formula is C59H102N2O6. The normalized spacial score (nSPS) is 28.5. The van der Waals surface area contributed by atoms with E-state index < -0.39 is 6.09 Å². The summed E-state index contributed by atoms with van der Waals surface area (Å²) in [7, 11) is 0. The molecule has 4 aliphatic carbocycles. The molecule has 9 atom stereocenters. The van der Waals surface area contributed by atoms with Crippen LogP contribution in [0.3, 0.4) is 0 Å². The van der Waals surface area contributed by atoms with Gasteiger partial charge in [0, 0.05) is 26.1 Å². The number of likely N-dealkylation sites (tertiary alicyclic amines) is 1. The van der Waals surface area contributed by atoms with Gasteiger partial charge in [0.15, 0.2) is 0 Å². The smallest absolute Gasteiger partial charge is 0.407 e. The molecule has 0 aromatic rings. The Labute approximate surface area is 411 Å². The molecule has 0 aromatic heterocycles. The van der Waals surface area contributed by atoms with Gasteiger partial charge in [0.05, 0.1) is 25.7 Å². The second-order valence-electron chi connectivity index (χ2n) is 23.0. The van der Waals surface area contributed by atoms with Crippen molar-refractivity contribution in [2.45, 2.75) is 227 Å². The van der Waals surface area contributed by atoms with Crippen LogP contribution in [0.4, 0.5) is 4.79 Å². The highest BCUT2D eigenvalue weighted by Gasteiger charge is 2.59. The van der Waals surface area contributed by atoms with Gasteiger partial charge in [-0.15, -0.1) is 0 Å². The molecule has 6 unspecified atom stereocenters. The molecule has 1 N–H and O–H groups in total. The summed E-state index contributed by atoms with van der Waals surface area (Å²) in [4.78, 5) is 28.0. The number of nitrogens with one attached hydrogen (secondary N) is 1. The predicted molar refractivity (Wildman–Crippen MR) is 277 cm³/mol. The number of amides is 1. The highest BCUT2D eigenvalue weighted by atomic mass is 16.6. The number of allylic oxidation sites excluding steroid dienone is 5. The number of esters is 1. The number of alkyl carbamates (subject to hydrolysis) is 1. The summed E-state index contributed by atoms with van der Waals surface area (Å²) in [5.74, 6) is 4.57. The van der Waals surface area contributed by atoms with Gasteiger partial charge in [-0.05, 0) is 156 Å². The Hall–Kier alpha value is -2.16. The summed E-state index contributed by atoms with van der Waals surface area (Å²) in [6, 6.07) is 0. The lowest BCUT2D eigenvalue weighted by molar-refractivity contribution is -0.146. The number of hydrogen-bond donors (Lipinski definition) is 1. The van der Waals surface area contributed by atoms with E-state index in [1.807, 2.05) is 0 Å². The lowest BCUT2D eigenvalue weighted by Gasteiger charge is -2.58. The largest absolute Gasteiger partial charge is 0.463 e. The maximum absolute atomic E-state index is 12.9. The van der Waals surface area contributed by atoms with Gasteiger partial charge in [-0.1, -0.05) is 142 Å². The molecule has 5 aliphatic rings. The molecule has 0 spiro atoms. The first kappa shape index (κ1) is 55.8. The molecule has 1 amide bonds. The Balaban J connectivity index is 0.909. The molecule has 0 radical (unpaired) electrons. The number of piperidine rings is 1. The van der Waals surface area contributed by atoms with Crippen molar-refractivity contribution in [1.82, 2.24) is 10.2 Å². The number of ether oxygens (including phenoxy) is 4. The van der Waals surface area contributed by atoms with Crippen molar-refractivity contribution >= 4 is 12.1 Å². The number of rotatable bonds is 32. The molecule has 4 fully saturated rings. The summed E-state index contributed by atoms with van der Waals surface area (Å²) in [6.45, 7) is 19.9. The summed E-state index contributed by atoms with van der Waals surface area (Å²) in [5, 5.41) is 2.83. The zero-order chi connectivity index (χ0) is 47.7. The maximum Gasteiger partial charge on any atom is 0.407 e. The summed E-state index contributed by atoms with van der Waals surface area (Å²) in [6.07, 6.45) is 43.8. The van der Waals surface area contributed by atoms with Crippen molar-refractivity contribution in [3.05, 3.63) is 36.0 Å². The van der Waals surface area contributed by atoms with E-state index >= 15 is 0 Å². The first-order valence-electron chi connectivity index (χ1n) is 28.5. The molecule has 1 aliphatic heterocycles. The topological polar surface area (TPSA) is 86.3 Å². The first-order chi connectivity index (χ1) is 32.5. The molecule has 8 heteroatoms. The molecule has 0 bridgehead atoms. The minimum Gasteiger partial charge on any atom is -0.463 e. The summed E-state index contributed by atoms with van der Waals surface area (Å²) < 4.78 is 23.9.